The molecule has 1 aromatic carbocycles. The van der Waals surface area contributed by atoms with Crippen LogP contribution in [-0.4, -0.2) is 23.5 Å². The third-order valence-corrected chi connectivity index (χ3v) is 3.19. The third-order valence-electron chi connectivity index (χ3n) is 3.19. The number of hydrogen-bond donors (Lipinski definition) is 1. The van der Waals surface area contributed by atoms with E-state index in [1.165, 1.54) is 6.92 Å². The van der Waals surface area contributed by atoms with Gasteiger partial charge in [0, 0.05) is 23.5 Å². The van der Waals surface area contributed by atoms with Gasteiger partial charge in [-0.3, -0.25) is 9.59 Å². The molecule has 0 amide bonds. The first-order chi connectivity index (χ1) is 10.5. The molecule has 22 heavy (non-hydrogen) atoms. The lowest BCUT2D eigenvalue weighted by molar-refractivity contribution is -0.167. The Morgan fingerprint density at radius 2 is 1.95 bits per heavy atom. The molecule has 0 spiro atoms. The van der Waals surface area contributed by atoms with E-state index in [-0.39, 0.29) is 17.6 Å². The maximum absolute atomic E-state index is 12.7. The number of aromatic amines is 1. The minimum absolute atomic E-state index is 0.0901. The summed E-state index contributed by atoms with van der Waals surface area (Å²) in [5.41, 5.74) is 0.848. The van der Waals surface area contributed by atoms with Gasteiger partial charge in [0.1, 0.15) is 0 Å². The van der Waals surface area contributed by atoms with Crippen LogP contribution in [0.4, 0.5) is 0 Å². The minimum Gasteiger partial charge on any atom is -0.463 e. The highest BCUT2D eigenvalue weighted by atomic mass is 16.6. The van der Waals surface area contributed by atoms with E-state index in [4.69, 9.17) is 9.47 Å². The Morgan fingerprint density at radius 1 is 1.27 bits per heavy atom. The lowest BCUT2D eigenvalue weighted by atomic mass is 10.0. The molecular weight excluding hydrogens is 286 g/mol. The van der Waals surface area contributed by atoms with Crippen molar-refractivity contribution in [3.63, 3.8) is 0 Å². The lowest BCUT2D eigenvalue weighted by Gasteiger charge is -2.17. The molecule has 0 saturated heterocycles. The molecule has 0 radical (unpaired) electrons. The predicted molar refractivity (Wildman–Crippen MR) is 80.4 cm³/mol. The summed E-state index contributed by atoms with van der Waals surface area (Å²) < 4.78 is 9.94. The van der Waals surface area contributed by atoms with Crippen LogP contribution < -0.4 is 5.43 Å². The average Bonchev–Trinajstić information content (AvgIpc) is 2.46. The summed E-state index contributed by atoms with van der Waals surface area (Å²) in [6, 6.07) is 6.93. The molecule has 1 unspecified atom stereocenters. The van der Waals surface area contributed by atoms with E-state index in [1.807, 2.05) is 0 Å². The minimum atomic E-state index is -1.37. The average molecular weight is 303 g/mol. The smallest absolute Gasteiger partial charge is 0.352 e. The first kappa shape index (κ1) is 15.8. The van der Waals surface area contributed by atoms with E-state index >= 15 is 0 Å². The summed E-state index contributed by atoms with van der Waals surface area (Å²) in [5.74, 6) is -1.42. The zero-order chi connectivity index (χ0) is 16.3. The molecule has 0 saturated carbocycles. The summed E-state index contributed by atoms with van der Waals surface area (Å²) in [6.07, 6.45) is -1.37. The zero-order valence-electron chi connectivity index (χ0n) is 12.6. The van der Waals surface area contributed by atoms with Gasteiger partial charge in [-0.05, 0) is 26.0 Å². The SMILES string of the molecule is CCOC(=O)C(OC(C)=O)c1c(C)[nH]c2ccccc2c1=O. The number of ether oxygens (including phenoxy) is 2. The Balaban J connectivity index is 2.65. The highest BCUT2D eigenvalue weighted by Gasteiger charge is 2.30. The molecule has 2 rings (SSSR count). The normalized spacial score (nSPS) is 12.0. The van der Waals surface area contributed by atoms with E-state index in [2.05, 4.69) is 4.98 Å². The molecule has 0 fully saturated rings. The number of hydrogen-bond acceptors (Lipinski definition) is 5. The molecule has 6 heteroatoms. The van der Waals surface area contributed by atoms with Gasteiger partial charge in [0.2, 0.25) is 6.10 Å². The van der Waals surface area contributed by atoms with Crippen LogP contribution >= 0.6 is 0 Å². The van der Waals surface area contributed by atoms with Crippen LogP contribution in [0.25, 0.3) is 10.9 Å². The van der Waals surface area contributed by atoms with Gasteiger partial charge in [-0.15, -0.1) is 0 Å². The number of pyridine rings is 1. The molecule has 6 nitrogen and oxygen atoms in total. The maximum Gasteiger partial charge on any atom is 0.352 e. The zero-order valence-corrected chi connectivity index (χ0v) is 12.6. The number of H-pyrrole nitrogens is 1. The van der Waals surface area contributed by atoms with Crippen LogP contribution in [0.2, 0.25) is 0 Å². The number of nitrogens with one attached hydrogen (secondary N) is 1. The fourth-order valence-corrected chi connectivity index (χ4v) is 2.30. The monoisotopic (exact) mass is 303 g/mol. The number of carbonyl (C=O) groups excluding carboxylic acids is 2. The number of aryl methyl sites for hydroxylation is 1. The van der Waals surface area contributed by atoms with Crippen molar-refractivity contribution in [3.8, 4) is 0 Å². The van der Waals surface area contributed by atoms with Gasteiger partial charge < -0.3 is 14.5 Å². The van der Waals surface area contributed by atoms with Crippen LogP contribution in [-0.2, 0) is 19.1 Å². The Labute approximate surface area is 127 Å². The molecule has 0 aliphatic heterocycles. The summed E-state index contributed by atoms with van der Waals surface area (Å²) in [6.45, 7) is 4.59. The Bertz CT molecular complexity index is 778. The molecule has 1 N–H and O–H groups in total. The lowest BCUT2D eigenvalue weighted by Crippen LogP contribution is -2.28. The Kier molecular flexibility index (Phi) is 4.60. The standard InChI is InChI=1S/C16H17NO5/c1-4-21-16(20)15(22-10(3)18)13-9(2)17-12-8-6-5-7-11(12)14(13)19/h5-8,15H,4H2,1-3H3,(H,17,19). The fourth-order valence-electron chi connectivity index (χ4n) is 2.30. The second kappa shape index (κ2) is 6.43. The van der Waals surface area contributed by atoms with E-state index in [0.717, 1.165) is 0 Å². The van der Waals surface area contributed by atoms with Gasteiger partial charge in [0.15, 0.2) is 5.43 Å². The number of fused-ring (bicyclic) bond motifs is 1. The molecule has 1 atom stereocenters. The van der Waals surface area contributed by atoms with Crippen molar-refractivity contribution in [1.29, 1.82) is 0 Å². The number of esters is 2. The highest BCUT2D eigenvalue weighted by Crippen LogP contribution is 2.21. The number of aromatic nitrogens is 1. The Hall–Kier alpha value is -2.63. The van der Waals surface area contributed by atoms with Crippen LogP contribution in [0.5, 0.6) is 0 Å². The van der Waals surface area contributed by atoms with E-state index in [0.29, 0.717) is 16.6 Å². The molecule has 0 aliphatic rings. The molecule has 116 valence electrons. The molecule has 2 aromatic rings. The summed E-state index contributed by atoms with van der Waals surface area (Å²) in [7, 11) is 0. The van der Waals surface area contributed by atoms with Crippen molar-refractivity contribution in [2.45, 2.75) is 26.9 Å². The molecule has 0 aliphatic carbocycles. The van der Waals surface area contributed by atoms with Gasteiger partial charge in [-0.25, -0.2) is 4.79 Å². The summed E-state index contributed by atoms with van der Waals surface area (Å²) in [5, 5.41) is 0.421. The topological polar surface area (TPSA) is 85.5 Å². The van der Waals surface area contributed by atoms with Crippen LogP contribution in [0.1, 0.15) is 31.2 Å². The first-order valence-corrected chi connectivity index (χ1v) is 6.91. The van der Waals surface area contributed by atoms with Crippen molar-refractivity contribution in [2.75, 3.05) is 6.61 Å². The number of para-hydroxylation sites is 1. The number of benzene rings is 1. The molecule has 0 bridgehead atoms. The van der Waals surface area contributed by atoms with E-state index < -0.39 is 18.0 Å². The third kappa shape index (κ3) is 3.00. The number of rotatable bonds is 4. The van der Waals surface area contributed by atoms with Gasteiger partial charge >= 0.3 is 11.9 Å². The van der Waals surface area contributed by atoms with Gasteiger partial charge in [0.25, 0.3) is 0 Å². The second-order valence-electron chi connectivity index (χ2n) is 4.78. The second-order valence-corrected chi connectivity index (χ2v) is 4.78. The molecule has 1 heterocycles. The summed E-state index contributed by atoms with van der Waals surface area (Å²) >= 11 is 0. The van der Waals surface area contributed by atoms with Gasteiger partial charge in [-0.2, -0.15) is 0 Å². The maximum atomic E-state index is 12.7. The molecule has 1 aromatic heterocycles. The Morgan fingerprint density at radius 3 is 2.59 bits per heavy atom. The largest absolute Gasteiger partial charge is 0.463 e. The van der Waals surface area contributed by atoms with Gasteiger partial charge in [-0.1, -0.05) is 12.1 Å². The van der Waals surface area contributed by atoms with E-state index in [1.54, 1.807) is 38.1 Å². The highest BCUT2D eigenvalue weighted by molar-refractivity contribution is 5.84. The van der Waals surface area contributed by atoms with Crippen molar-refractivity contribution in [2.24, 2.45) is 0 Å². The van der Waals surface area contributed by atoms with Crippen LogP contribution in [0.15, 0.2) is 29.1 Å². The van der Waals surface area contributed by atoms with Crippen molar-refractivity contribution in [3.05, 3.63) is 45.7 Å². The number of carbonyl (C=O) groups is 2. The summed E-state index contributed by atoms with van der Waals surface area (Å²) in [4.78, 5) is 39.1. The molecular formula is C16H17NO5. The quantitative estimate of drug-likeness (QED) is 0.873. The van der Waals surface area contributed by atoms with Crippen molar-refractivity contribution in [1.82, 2.24) is 4.98 Å². The van der Waals surface area contributed by atoms with Gasteiger partial charge in [0.05, 0.1) is 12.2 Å². The fraction of sp³-hybridized carbons (Fsp3) is 0.312. The first-order valence-electron chi connectivity index (χ1n) is 6.91. The van der Waals surface area contributed by atoms with Crippen LogP contribution in [0, 0.1) is 6.92 Å². The van der Waals surface area contributed by atoms with Crippen molar-refractivity contribution < 1.29 is 19.1 Å². The van der Waals surface area contributed by atoms with E-state index in [9.17, 15) is 14.4 Å². The van der Waals surface area contributed by atoms with Crippen molar-refractivity contribution >= 4 is 22.8 Å². The van der Waals surface area contributed by atoms with Crippen LogP contribution in [0.3, 0.4) is 0 Å². The predicted octanol–water partition coefficient (Wildman–Crippen LogP) is 2.00.